The molecule has 2 aromatic rings. The average Bonchev–Trinajstić information content (AvgIpc) is 2.95. The van der Waals surface area contributed by atoms with Gasteiger partial charge in [-0.25, -0.2) is 9.59 Å². The fourth-order valence-corrected chi connectivity index (χ4v) is 5.22. The van der Waals surface area contributed by atoms with Crippen molar-refractivity contribution in [2.24, 2.45) is 0 Å². The molecule has 2 aliphatic rings. The number of nitrogens with one attached hydrogen (secondary N) is 1. The summed E-state index contributed by atoms with van der Waals surface area (Å²) in [6.07, 6.45) is 0. The van der Waals surface area contributed by atoms with E-state index in [1.54, 1.807) is 56.4 Å². The number of carbonyl (C=O) groups excluding carboxylic acids is 3. The number of urea groups is 1. The third kappa shape index (κ3) is 6.18. The van der Waals surface area contributed by atoms with E-state index in [0.29, 0.717) is 65.1 Å². The van der Waals surface area contributed by atoms with Crippen LogP contribution in [-0.4, -0.2) is 92.7 Å². The van der Waals surface area contributed by atoms with Crippen molar-refractivity contribution in [2.75, 3.05) is 54.1 Å². The Bertz CT molecular complexity index is 1280. The van der Waals surface area contributed by atoms with Gasteiger partial charge in [-0.15, -0.1) is 0 Å². The summed E-state index contributed by atoms with van der Waals surface area (Å²) in [6, 6.07) is 10.9. The van der Waals surface area contributed by atoms with Crippen LogP contribution in [0.3, 0.4) is 0 Å². The molecule has 214 valence electrons. The van der Waals surface area contributed by atoms with Crippen molar-refractivity contribution in [3.05, 3.63) is 69.9 Å². The molecule has 0 spiro atoms. The Morgan fingerprint density at radius 3 is 2.27 bits per heavy atom. The van der Waals surface area contributed by atoms with Crippen LogP contribution in [0.2, 0.25) is 5.02 Å². The Labute approximate surface area is 239 Å². The molecular formula is C29H35ClN4O6. The molecule has 0 unspecified atom stereocenters. The Morgan fingerprint density at radius 2 is 1.70 bits per heavy atom. The van der Waals surface area contributed by atoms with E-state index in [9.17, 15) is 14.4 Å². The maximum absolute atomic E-state index is 13.4. The summed E-state index contributed by atoms with van der Waals surface area (Å²) < 4.78 is 16.3. The second-order valence-electron chi connectivity index (χ2n) is 9.76. The van der Waals surface area contributed by atoms with Crippen LogP contribution in [0.4, 0.5) is 4.79 Å². The number of nitrogens with zero attached hydrogens (tertiary/aromatic N) is 3. The molecule has 1 saturated heterocycles. The van der Waals surface area contributed by atoms with Gasteiger partial charge in [0, 0.05) is 61.6 Å². The number of carbonyl (C=O) groups is 3. The van der Waals surface area contributed by atoms with Crippen LogP contribution in [-0.2, 0) is 9.53 Å². The number of methoxy groups -OCH3 is 2. The van der Waals surface area contributed by atoms with Crippen LogP contribution in [0.15, 0.2) is 53.7 Å². The highest BCUT2D eigenvalue weighted by Crippen LogP contribution is 2.35. The summed E-state index contributed by atoms with van der Waals surface area (Å²) in [5, 5.41) is 3.51. The topological polar surface area (TPSA) is 101 Å². The van der Waals surface area contributed by atoms with E-state index < -0.39 is 12.0 Å². The van der Waals surface area contributed by atoms with Crippen LogP contribution in [0.25, 0.3) is 0 Å². The molecular weight excluding hydrogens is 536 g/mol. The van der Waals surface area contributed by atoms with Gasteiger partial charge < -0.3 is 24.4 Å². The van der Waals surface area contributed by atoms with Gasteiger partial charge in [0.2, 0.25) is 0 Å². The van der Waals surface area contributed by atoms with E-state index in [0.717, 1.165) is 0 Å². The summed E-state index contributed by atoms with van der Waals surface area (Å²) in [6.45, 7) is 5.86. The maximum Gasteiger partial charge on any atom is 0.338 e. The van der Waals surface area contributed by atoms with Gasteiger partial charge in [0.25, 0.3) is 5.91 Å². The van der Waals surface area contributed by atoms with Crippen LogP contribution < -0.4 is 14.8 Å². The highest BCUT2D eigenvalue weighted by Gasteiger charge is 2.39. The van der Waals surface area contributed by atoms with Crippen molar-refractivity contribution >= 4 is 29.5 Å². The standard InChI is InChI=1S/C29H35ClN4O6/c1-6-40-28(36)25-24(32(3)29(37)31-26(25)20-13-22(38-4)15-23(14-20)39-5)17-33-11-12-34(18(2)16-33)27(35)19-7-9-21(30)10-8-19/h7-10,13-15,18,26H,6,11-12,16-17H2,1-5H3,(H,31,37)/t18-,26+/m1/s1. The molecule has 0 saturated carbocycles. The number of rotatable bonds is 8. The number of benzene rings is 2. The first-order valence-corrected chi connectivity index (χ1v) is 13.5. The zero-order chi connectivity index (χ0) is 29.0. The molecule has 0 bridgehead atoms. The molecule has 2 aromatic carbocycles. The number of ether oxygens (including phenoxy) is 3. The highest BCUT2D eigenvalue weighted by atomic mass is 35.5. The smallest absolute Gasteiger partial charge is 0.338 e. The number of halogens is 1. The molecule has 3 amide bonds. The van der Waals surface area contributed by atoms with Gasteiger partial charge in [0.15, 0.2) is 0 Å². The fraction of sp³-hybridized carbons (Fsp3) is 0.414. The lowest BCUT2D eigenvalue weighted by Gasteiger charge is -2.42. The number of piperazine rings is 1. The molecule has 40 heavy (non-hydrogen) atoms. The minimum atomic E-state index is -0.771. The molecule has 0 aromatic heterocycles. The third-order valence-electron chi connectivity index (χ3n) is 7.22. The van der Waals surface area contributed by atoms with Crippen LogP contribution >= 0.6 is 11.6 Å². The molecule has 2 atom stereocenters. The van der Waals surface area contributed by atoms with E-state index in [1.807, 2.05) is 11.8 Å². The molecule has 0 radical (unpaired) electrons. The predicted molar refractivity (Wildman–Crippen MR) is 151 cm³/mol. The molecule has 2 heterocycles. The average molecular weight is 571 g/mol. The Kier molecular flexibility index (Phi) is 9.21. The molecule has 2 aliphatic heterocycles. The largest absolute Gasteiger partial charge is 0.497 e. The van der Waals surface area contributed by atoms with E-state index in [4.69, 9.17) is 25.8 Å². The number of hydrogen-bond donors (Lipinski definition) is 1. The maximum atomic E-state index is 13.4. The van der Waals surface area contributed by atoms with Gasteiger partial charge in [-0.3, -0.25) is 14.6 Å². The number of likely N-dealkylation sites (N-methyl/N-ethyl adjacent to an activating group) is 1. The molecule has 10 nitrogen and oxygen atoms in total. The number of esters is 1. The van der Waals surface area contributed by atoms with Crippen molar-refractivity contribution < 1.29 is 28.6 Å². The highest BCUT2D eigenvalue weighted by molar-refractivity contribution is 6.30. The lowest BCUT2D eigenvalue weighted by molar-refractivity contribution is -0.139. The first-order valence-electron chi connectivity index (χ1n) is 13.1. The normalized spacial score (nSPS) is 19.8. The molecule has 11 heteroatoms. The quantitative estimate of drug-likeness (QED) is 0.483. The first-order chi connectivity index (χ1) is 19.2. The van der Waals surface area contributed by atoms with Crippen LogP contribution in [0, 0.1) is 0 Å². The summed E-state index contributed by atoms with van der Waals surface area (Å²) in [5.41, 5.74) is 2.09. The summed E-state index contributed by atoms with van der Waals surface area (Å²) in [5.74, 6) is 0.488. The lowest BCUT2D eigenvalue weighted by Crippen LogP contribution is -2.56. The minimum Gasteiger partial charge on any atom is -0.497 e. The second kappa shape index (κ2) is 12.6. The number of hydrogen-bond acceptors (Lipinski definition) is 7. The Balaban J connectivity index is 1.64. The summed E-state index contributed by atoms with van der Waals surface area (Å²) in [7, 11) is 4.71. The Morgan fingerprint density at radius 1 is 1.05 bits per heavy atom. The SMILES string of the molecule is CCOC(=O)C1=C(CN2CCN(C(=O)c3ccc(Cl)cc3)[C@H](C)C2)N(C)C(=O)N[C@H]1c1cc(OC)cc(OC)c1. The summed E-state index contributed by atoms with van der Waals surface area (Å²) in [4.78, 5) is 45.1. The molecule has 4 rings (SSSR count). The van der Waals surface area contributed by atoms with E-state index >= 15 is 0 Å². The number of amides is 3. The van der Waals surface area contributed by atoms with E-state index in [-0.39, 0.29) is 24.6 Å². The van der Waals surface area contributed by atoms with Gasteiger partial charge >= 0.3 is 12.0 Å². The van der Waals surface area contributed by atoms with E-state index in [2.05, 4.69) is 10.2 Å². The van der Waals surface area contributed by atoms with Crippen molar-refractivity contribution in [3.8, 4) is 11.5 Å². The van der Waals surface area contributed by atoms with Gasteiger partial charge in [0.05, 0.1) is 32.4 Å². The molecule has 0 aliphatic carbocycles. The lowest BCUT2D eigenvalue weighted by atomic mass is 9.93. The molecule has 1 N–H and O–H groups in total. The van der Waals surface area contributed by atoms with Gasteiger partial charge in [-0.1, -0.05) is 11.6 Å². The van der Waals surface area contributed by atoms with Crippen LogP contribution in [0.1, 0.15) is 35.8 Å². The predicted octanol–water partition coefficient (Wildman–Crippen LogP) is 3.72. The third-order valence-corrected chi connectivity index (χ3v) is 7.47. The molecule has 1 fully saturated rings. The van der Waals surface area contributed by atoms with Crippen molar-refractivity contribution in [2.45, 2.75) is 25.9 Å². The minimum absolute atomic E-state index is 0.0588. The fourth-order valence-electron chi connectivity index (χ4n) is 5.09. The summed E-state index contributed by atoms with van der Waals surface area (Å²) >= 11 is 5.98. The van der Waals surface area contributed by atoms with Crippen molar-refractivity contribution in [3.63, 3.8) is 0 Å². The monoisotopic (exact) mass is 570 g/mol. The van der Waals surface area contributed by atoms with Crippen molar-refractivity contribution in [1.82, 2.24) is 20.0 Å². The van der Waals surface area contributed by atoms with Gasteiger partial charge in [-0.2, -0.15) is 0 Å². The zero-order valence-corrected chi connectivity index (χ0v) is 24.2. The second-order valence-corrected chi connectivity index (χ2v) is 10.2. The van der Waals surface area contributed by atoms with Crippen molar-refractivity contribution in [1.29, 1.82) is 0 Å². The van der Waals surface area contributed by atoms with E-state index in [1.165, 1.54) is 19.1 Å². The zero-order valence-electron chi connectivity index (χ0n) is 23.4. The Hall–Kier alpha value is -3.76. The van der Waals surface area contributed by atoms with Gasteiger partial charge in [0.1, 0.15) is 11.5 Å². The first kappa shape index (κ1) is 29.2. The van der Waals surface area contributed by atoms with Crippen LogP contribution in [0.5, 0.6) is 11.5 Å². The van der Waals surface area contributed by atoms with Gasteiger partial charge in [-0.05, 0) is 55.8 Å².